The highest BCUT2D eigenvalue weighted by Gasteiger charge is 2.18. The highest BCUT2D eigenvalue weighted by molar-refractivity contribution is 5.59. The van der Waals surface area contributed by atoms with Gasteiger partial charge in [-0.25, -0.2) is 4.39 Å². The van der Waals surface area contributed by atoms with Crippen LogP contribution in [0.3, 0.4) is 0 Å². The predicted molar refractivity (Wildman–Crippen MR) is 55.9 cm³/mol. The van der Waals surface area contributed by atoms with Crippen molar-refractivity contribution < 1.29 is 9.50 Å². The maximum atomic E-state index is 13.2. The molecule has 0 radical (unpaired) electrons. The Balaban J connectivity index is 3.06. The van der Waals surface area contributed by atoms with E-state index in [1.165, 1.54) is 12.1 Å². The van der Waals surface area contributed by atoms with Crippen molar-refractivity contribution in [1.82, 2.24) is 0 Å². The minimum atomic E-state index is -0.584. The molecule has 0 bridgehead atoms. The Morgan fingerprint density at radius 3 is 2.73 bits per heavy atom. The van der Waals surface area contributed by atoms with Crippen molar-refractivity contribution in [2.45, 2.75) is 19.4 Å². The zero-order valence-electron chi connectivity index (χ0n) is 8.71. The van der Waals surface area contributed by atoms with Gasteiger partial charge in [0.1, 0.15) is 17.4 Å². The lowest BCUT2D eigenvalue weighted by molar-refractivity contribution is 0.234. The molecule has 0 fully saturated rings. The van der Waals surface area contributed by atoms with E-state index in [0.717, 1.165) is 0 Å². The van der Waals surface area contributed by atoms with E-state index >= 15 is 0 Å². The van der Waals surface area contributed by atoms with Crippen LogP contribution in [0.1, 0.15) is 19.4 Å². The maximum Gasteiger partial charge on any atom is 0.143 e. The SMILES string of the molecule is CC(C)(CO)Nc1cccc(F)c1C#N. The van der Waals surface area contributed by atoms with E-state index in [0.29, 0.717) is 5.69 Å². The van der Waals surface area contributed by atoms with Crippen molar-refractivity contribution in [2.24, 2.45) is 0 Å². The Morgan fingerprint density at radius 1 is 1.53 bits per heavy atom. The number of nitriles is 1. The maximum absolute atomic E-state index is 13.2. The van der Waals surface area contributed by atoms with Crippen LogP contribution in [0.4, 0.5) is 10.1 Å². The first-order valence-electron chi connectivity index (χ1n) is 4.58. The summed E-state index contributed by atoms with van der Waals surface area (Å²) in [5, 5.41) is 20.7. The summed E-state index contributed by atoms with van der Waals surface area (Å²) in [6.45, 7) is 3.42. The molecule has 1 rings (SSSR count). The molecule has 0 aromatic heterocycles. The zero-order valence-corrected chi connectivity index (χ0v) is 8.71. The van der Waals surface area contributed by atoms with Gasteiger partial charge >= 0.3 is 0 Å². The van der Waals surface area contributed by atoms with Crippen molar-refractivity contribution in [2.75, 3.05) is 11.9 Å². The van der Waals surface area contributed by atoms with Crippen LogP contribution in [0.5, 0.6) is 0 Å². The van der Waals surface area contributed by atoms with Crippen LogP contribution in [-0.2, 0) is 0 Å². The van der Waals surface area contributed by atoms with Crippen LogP contribution in [0.15, 0.2) is 18.2 Å². The number of benzene rings is 1. The van der Waals surface area contributed by atoms with Crippen molar-refractivity contribution in [3.63, 3.8) is 0 Å². The van der Waals surface area contributed by atoms with E-state index in [4.69, 9.17) is 10.4 Å². The van der Waals surface area contributed by atoms with Gasteiger partial charge in [0.25, 0.3) is 0 Å². The number of nitrogens with one attached hydrogen (secondary N) is 1. The smallest absolute Gasteiger partial charge is 0.143 e. The van der Waals surface area contributed by atoms with Crippen molar-refractivity contribution in [1.29, 1.82) is 5.26 Å². The topological polar surface area (TPSA) is 56.0 Å². The van der Waals surface area contributed by atoms with Crippen LogP contribution < -0.4 is 5.32 Å². The Labute approximate surface area is 88.2 Å². The minimum absolute atomic E-state index is 0.0287. The number of nitrogens with zero attached hydrogens (tertiary/aromatic N) is 1. The van der Waals surface area contributed by atoms with Gasteiger partial charge in [0, 0.05) is 0 Å². The highest BCUT2D eigenvalue weighted by atomic mass is 19.1. The summed E-state index contributed by atoms with van der Waals surface area (Å²) in [5.74, 6) is -0.559. The molecular weight excluding hydrogens is 195 g/mol. The lowest BCUT2D eigenvalue weighted by Gasteiger charge is -2.25. The molecule has 0 unspecified atom stereocenters. The monoisotopic (exact) mass is 208 g/mol. The van der Waals surface area contributed by atoms with Crippen LogP contribution in [-0.4, -0.2) is 17.3 Å². The summed E-state index contributed by atoms with van der Waals surface area (Å²) in [7, 11) is 0. The average molecular weight is 208 g/mol. The molecule has 1 aromatic rings. The van der Waals surface area contributed by atoms with Crippen LogP contribution in [0.25, 0.3) is 0 Å². The van der Waals surface area contributed by atoms with E-state index in [-0.39, 0.29) is 12.2 Å². The molecule has 0 spiro atoms. The molecule has 80 valence electrons. The van der Waals surface area contributed by atoms with Gasteiger partial charge in [0.15, 0.2) is 0 Å². The summed E-state index contributed by atoms with van der Waals surface area (Å²) >= 11 is 0. The predicted octanol–water partition coefficient (Wildman–Crippen LogP) is 1.88. The molecule has 0 aliphatic heterocycles. The Bertz CT molecular complexity index is 396. The molecule has 0 saturated heterocycles. The summed E-state index contributed by atoms with van der Waals surface area (Å²) < 4.78 is 13.2. The fourth-order valence-electron chi connectivity index (χ4n) is 1.15. The third kappa shape index (κ3) is 2.67. The zero-order chi connectivity index (χ0) is 11.5. The normalized spacial score (nSPS) is 10.9. The number of hydrogen-bond acceptors (Lipinski definition) is 3. The molecule has 4 heteroatoms. The number of aliphatic hydroxyl groups is 1. The second-order valence-electron chi connectivity index (χ2n) is 3.94. The van der Waals surface area contributed by atoms with Gasteiger partial charge in [0.2, 0.25) is 0 Å². The van der Waals surface area contributed by atoms with E-state index in [1.807, 2.05) is 0 Å². The number of rotatable bonds is 3. The molecule has 0 aliphatic carbocycles. The quantitative estimate of drug-likeness (QED) is 0.797. The summed E-state index contributed by atoms with van der Waals surface area (Å²) in [5.41, 5.74) is -0.213. The van der Waals surface area contributed by atoms with Gasteiger partial charge in [-0.1, -0.05) is 6.07 Å². The van der Waals surface area contributed by atoms with Gasteiger partial charge in [-0.15, -0.1) is 0 Å². The second kappa shape index (κ2) is 4.28. The number of anilines is 1. The summed E-state index contributed by atoms with van der Waals surface area (Å²) in [6, 6.07) is 6.15. The van der Waals surface area contributed by atoms with E-state index in [1.54, 1.807) is 26.0 Å². The van der Waals surface area contributed by atoms with E-state index in [9.17, 15) is 4.39 Å². The Hall–Kier alpha value is -1.60. The van der Waals surface area contributed by atoms with Crippen LogP contribution >= 0.6 is 0 Å². The first-order valence-corrected chi connectivity index (χ1v) is 4.58. The lowest BCUT2D eigenvalue weighted by atomic mass is 10.1. The molecule has 0 heterocycles. The molecule has 15 heavy (non-hydrogen) atoms. The van der Waals surface area contributed by atoms with Gasteiger partial charge in [-0.2, -0.15) is 5.26 Å². The van der Waals surface area contributed by atoms with E-state index < -0.39 is 11.4 Å². The number of aliphatic hydroxyl groups excluding tert-OH is 1. The first kappa shape index (κ1) is 11.5. The lowest BCUT2D eigenvalue weighted by Crippen LogP contribution is -2.35. The number of hydrogen-bond donors (Lipinski definition) is 2. The van der Waals surface area contributed by atoms with Crippen molar-refractivity contribution in [3.8, 4) is 6.07 Å². The molecule has 3 nitrogen and oxygen atoms in total. The van der Waals surface area contributed by atoms with Gasteiger partial charge in [-0.05, 0) is 26.0 Å². The van der Waals surface area contributed by atoms with Crippen molar-refractivity contribution in [3.05, 3.63) is 29.6 Å². The third-order valence-electron chi connectivity index (χ3n) is 1.99. The Morgan fingerprint density at radius 2 is 2.20 bits per heavy atom. The summed E-state index contributed by atoms with van der Waals surface area (Å²) in [6.07, 6.45) is 0. The van der Waals surface area contributed by atoms with Gasteiger partial charge < -0.3 is 10.4 Å². The largest absolute Gasteiger partial charge is 0.394 e. The molecule has 2 N–H and O–H groups in total. The first-order chi connectivity index (χ1) is 7.00. The average Bonchev–Trinajstić information content (AvgIpc) is 2.18. The third-order valence-corrected chi connectivity index (χ3v) is 1.99. The van der Waals surface area contributed by atoms with E-state index in [2.05, 4.69) is 5.32 Å². The van der Waals surface area contributed by atoms with Crippen molar-refractivity contribution >= 4 is 5.69 Å². The number of halogens is 1. The van der Waals surface area contributed by atoms with Gasteiger partial charge in [-0.3, -0.25) is 0 Å². The fraction of sp³-hybridized carbons (Fsp3) is 0.364. The summed E-state index contributed by atoms with van der Waals surface area (Å²) in [4.78, 5) is 0. The minimum Gasteiger partial charge on any atom is -0.394 e. The second-order valence-corrected chi connectivity index (χ2v) is 3.94. The standard InChI is InChI=1S/C11H13FN2O/c1-11(2,7-15)14-10-5-3-4-9(12)8(10)6-13/h3-5,14-15H,7H2,1-2H3. The Kier molecular flexibility index (Phi) is 3.28. The molecule has 0 aliphatic rings. The van der Waals surface area contributed by atoms with Gasteiger partial charge in [0.05, 0.1) is 17.8 Å². The molecule has 1 aromatic carbocycles. The van der Waals surface area contributed by atoms with Crippen LogP contribution in [0.2, 0.25) is 0 Å². The molecule has 0 saturated carbocycles. The molecular formula is C11H13FN2O. The molecule has 0 atom stereocenters. The van der Waals surface area contributed by atoms with Crippen LogP contribution in [0, 0.1) is 17.1 Å². The highest BCUT2D eigenvalue weighted by Crippen LogP contribution is 2.21. The fourth-order valence-corrected chi connectivity index (χ4v) is 1.15. The molecule has 0 amide bonds.